The molecule has 0 saturated heterocycles. The van der Waals surface area contributed by atoms with Gasteiger partial charge in [-0.25, -0.2) is 0 Å². The summed E-state index contributed by atoms with van der Waals surface area (Å²) in [7, 11) is 1.43. The SMILES string of the molecule is CCNCC.COc1ccc(S(=O)[O-])cc1NC(=O)c1[nH]c(C)c2c1CCCCC2=O.[HH].[HH]. The topological polar surface area (TPSA) is 123 Å². The van der Waals surface area contributed by atoms with Gasteiger partial charge in [0.1, 0.15) is 11.4 Å². The highest BCUT2D eigenvalue weighted by Crippen LogP contribution is 2.30. The number of ketones is 1. The smallest absolute Gasteiger partial charge is 0.272 e. The number of hydrogen-bond donors (Lipinski definition) is 3. The molecule has 0 fully saturated rings. The summed E-state index contributed by atoms with van der Waals surface area (Å²) in [5, 5.41) is 5.80. The normalized spacial score (nSPS) is 14.0. The van der Waals surface area contributed by atoms with Crippen LogP contribution in [0.5, 0.6) is 5.75 Å². The number of Topliss-reactive ketones (excluding diaryl/α,β-unsaturated/α-hetero) is 1. The van der Waals surface area contributed by atoms with Crippen molar-refractivity contribution in [3.63, 3.8) is 0 Å². The van der Waals surface area contributed by atoms with E-state index >= 15 is 0 Å². The zero-order valence-electron chi connectivity index (χ0n) is 18.4. The number of aromatic nitrogens is 1. The first-order valence-electron chi connectivity index (χ1n) is 10.4. The van der Waals surface area contributed by atoms with Crippen LogP contribution in [-0.4, -0.2) is 45.6 Å². The van der Waals surface area contributed by atoms with E-state index in [1.165, 1.54) is 25.3 Å². The van der Waals surface area contributed by atoms with E-state index < -0.39 is 17.0 Å². The molecule has 1 amide bonds. The Morgan fingerprint density at radius 3 is 2.52 bits per heavy atom. The van der Waals surface area contributed by atoms with Gasteiger partial charge in [0.25, 0.3) is 5.91 Å². The molecule has 0 spiro atoms. The maximum Gasteiger partial charge on any atom is 0.272 e. The zero-order chi connectivity index (χ0) is 23.0. The van der Waals surface area contributed by atoms with E-state index in [1.807, 2.05) is 0 Å². The molecule has 0 saturated carbocycles. The average molecular weight is 453 g/mol. The predicted molar refractivity (Wildman–Crippen MR) is 124 cm³/mol. The quantitative estimate of drug-likeness (QED) is 0.452. The number of H-pyrrole nitrogens is 1. The Balaban J connectivity index is 0.00000133. The summed E-state index contributed by atoms with van der Waals surface area (Å²) in [6.45, 7) is 8.17. The number of rotatable bonds is 6. The maximum atomic E-state index is 12.8. The summed E-state index contributed by atoms with van der Waals surface area (Å²) in [6.07, 6.45) is 2.78. The molecule has 1 aliphatic rings. The van der Waals surface area contributed by atoms with Gasteiger partial charge in [-0.15, -0.1) is 0 Å². The Labute approximate surface area is 188 Å². The number of ether oxygens (including phenoxy) is 1. The van der Waals surface area contributed by atoms with Crippen molar-refractivity contribution >= 4 is 28.5 Å². The minimum absolute atomic E-state index is 0. The first kappa shape index (κ1) is 24.8. The van der Waals surface area contributed by atoms with Crippen molar-refractivity contribution in [2.24, 2.45) is 0 Å². The number of benzene rings is 1. The number of carbonyl (C=O) groups excluding carboxylic acids is 2. The minimum Gasteiger partial charge on any atom is -0.768 e. The third kappa shape index (κ3) is 6.25. The van der Waals surface area contributed by atoms with Crippen molar-refractivity contribution in [3.05, 3.63) is 40.7 Å². The van der Waals surface area contributed by atoms with Crippen molar-refractivity contribution in [1.82, 2.24) is 10.3 Å². The first-order chi connectivity index (χ1) is 14.8. The molecule has 2 aromatic rings. The van der Waals surface area contributed by atoms with Crippen LogP contribution in [0.2, 0.25) is 0 Å². The Morgan fingerprint density at radius 1 is 1.26 bits per heavy atom. The standard InChI is InChI=1S/C18H20N2O5S.C4H11N.2H2/c1-10-16-12(5-3-4-6-14(16)21)17(19-10)18(22)20-13-9-11(26(23)24)7-8-15(13)25-2;1-3-5-4-2;;/h7-9,19H,3-6H2,1-2H3,(H,20,22)(H,23,24);5H,3-4H2,1-2H3;2*1H/p-1. The number of aryl methyl sites for hydroxylation is 1. The van der Waals surface area contributed by atoms with Crippen molar-refractivity contribution in [3.8, 4) is 5.75 Å². The van der Waals surface area contributed by atoms with Crippen LogP contribution in [0.25, 0.3) is 0 Å². The fourth-order valence-electron chi connectivity index (χ4n) is 3.53. The average Bonchev–Trinajstić information content (AvgIpc) is 2.95. The van der Waals surface area contributed by atoms with Gasteiger partial charge in [-0.2, -0.15) is 0 Å². The fourth-order valence-corrected chi connectivity index (χ4v) is 3.93. The van der Waals surface area contributed by atoms with E-state index in [-0.39, 0.29) is 19.2 Å². The molecule has 1 unspecified atom stereocenters. The lowest BCUT2D eigenvalue weighted by atomic mass is 10.0. The summed E-state index contributed by atoms with van der Waals surface area (Å²) in [5.74, 6) is -0.0409. The molecule has 1 aromatic heterocycles. The van der Waals surface area contributed by atoms with Crippen LogP contribution in [0.3, 0.4) is 0 Å². The molecular formula is C22H34N3O5S-. The first-order valence-corrected chi connectivity index (χ1v) is 11.4. The Bertz CT molecular complexity index is 964. The summed E-state index contributed by atoms with van der Waals surface area (Å²) in [6, 6.07) is 4.20. The van der Waals surface area contributed by atoms with Gasteiger partial charge in [0.2, 0.25) is 0 Å². The molecule has 0 bridgehead atoms. The second-order valence-electron chi connectivity index (χ2n) is 7.12. The lowest BCUT2D eigenvalue weighted by Gasteiger charge is -2.13. The summed E-state index contributed by atoms with van der Waals surface area (Å²) in [4.78, 5) is 28.2. The van der Waals surface area contributed by atoms with Gasteiger partial charge in [-0.1, -0.05) is 13.8 Å². The molecule has 0 radical (unpaired) electrons. The van der Waals surface area contributed by atoms with E-state index in [2.05, 4.69) is 29.5 Å². The summed E-state index contributed by atoms with van der Waals surface area (Å²) < 4.78 is 27.6. The van der Waals surface area contributed by atoms with Gasteiger partial charge in [-0.05, 0) is 74.1 Å². The van der Waals surface area contributed by atoms with Gasteiger partial charge in [-0.3, -0.25) is 13.8 Å². The van der Waals surface area contributed by atoms with E-state index in [0.717, 1.165) is 31.5 Å². The number of hydrogen-bond acceptors (Lipinski definition) is 6. The van der Waals surface area contributed by atoms with Crippen molar-refractivity contribution in [1.29, 1.82) is 0 Å². The van der Waals surface area contributed by atoms with E-state index in [9.17, 15) is 18.4 Å². The molecule has 1 heterocycles. The number of anilines is 1. The molecule has 8 nitrogen and oxygen atoms in total. The highest BCUT2D eigenvalue weighted by molar-refractivity contribution is 7.79. The van der Waals surface area contributed by atoms with E-state index in [1.54, 1.807) is 6.92 Å². The van der Waals surface area contributed by atoms with Crippen LogP contribution in [0.15, 0.2) is 23.1 Å². The number of carbonyl (C=O) groups is 2. The molecule has 1 aliphatic carbocycles. The predicted octanol–water partition coefficient (Wildman–Crippen LogP) is 3.84. The van der Waals surface area contributed by atoms with Crippen LogP contribution in [0.4, 0.5) is 5.69 Å². The molecule has 0 aliphatic heterocycles. The van der Waals surface area contributed by atoms with Gasteiger partial charge in [0.05, 0.1) is 12.8 Å². The molecule has 1 aromatic carbocycles. The lowest BCUT2D eigenvalue weighted by Crippen LogP contribution is -2.15. The van der Waals surface area contributed by atoms with Crippen LogP contribution < -0.4 is 15.4 Å². The van der Waals surface area contributed by atoms with Gasteiger partial charge in [0.15, 0.2) is 5.78 Å². The molecule has 9 heteroatoms. The Hall–Kier alpha value is -2.49. The zero-order valence-corrected chi connectivity index (χ0v) is 19.2. The highest BCUT2D eigenvalue weighted by atomic mass is 32.2. The molecule has 174 valence electrons. The maximum absolute atomic E-state index is 12.8. The lowest BCUT2D eigenvalue weighted by molar-refractivity contribution is 0.0980. The molecule has 3 rings (SSSR count). The van der Waals surface area contributed by atoms with E-state index in [0.29, 0.717) is 35.5 Å². The fraction of sp³-hybridized carbons (Fsp3) is 0.455. The van der Waals surface area contributed by atoms with Crippen molar-refractivity contribution in [2.75, 3.05) is 25.5 Å². The monoisotopic (exact) mass is 452 g/mol. The van der Waals surface area contributed by atoms with Crippen molar-refractivity contribution in [2.45, 2.75) is 51.3 Å². The minimum atomic E-state index is -2.42. The Morgan fingerprint density at radius 2 is 1.94 bits per heavy atom. The van der Waals surface area contributed by atoms with Crippen LogP contribution in [0, 0.1) is 6.92 Å². The van der Waals surface area contributed by atoms with Crippen LogP contribution in [0.1, 0.15) is 68.1 Å². The number of amides is 1. The third-order valence-corrected chi connectivity index (χ3v) is 5.63. The number of methoxy groups -OCH3 is 1. The second-order valence-corrected chi connectivity index (χ2v) is 8.06. The molecule has 1 atom stereocenters. The summed E-state index contributed by atoms with van der Waals surface area (Å²) >= 11 is -2.42. The molecule has 3 N–H and O–H groups in total. The number of aromatic amines is 1. The van der Waals surface area contributed by atoms with Crippen molar-refractivity contribution < 1.29 is 25.9 Å². The molecular weight excluding hydrogens is 418 g/mol. The van der Waals surface area contributed by atoms with Gasteiger partial charge < -0.3 is 24.9 Å². The largest absolute Gasteiger partial charge is 0.768 e. The van der Waals surface area contributed by atoms with E-state index in [4.69, 9.17) is 4.74 Å². The summed E-state index contributed by atoms with van der Waals surface area (Å²) in [5.41, 5.74) is 2.60. The third-order valence-electron chi connectivity index (χ3n) is 4.99. The molecule has 31 heavy (non-hydrogen) atoms. The Kier molecular flexibility index (Phi) is 9.42. The van der Waals surface area contributed by atoms with Crippen LogP contribution >= 0.6 is 0 Å². The van der Waals surface area contributed by atoms with Crippen LogP contribution in [-0.2, 0) is 17.5 Å². The second kappa shape index (κ2) is 11.8. The number of nitrogens with one attached hydrogen (secondary N) is 3. The highest BCUT2D eigenvalue weighted by Gasteiger charge is 2.26. The number of fused-ring (bicyclic) bond motifs is 1. The van der Waals surface area contributed by atoms with Gasteiger partial charge >= 0.3 is 0 Å². The van der Waals surface area contributed by atoms with Gasteiger partial charge in [0, 0.05) is 25.4 Å².